The van der Waals surface area contributed by atoms with Gasteiger partial charge in [0.05, 0.1) is 17.1 Å². The van der Waals surface area contributed by atoms with Crippen molar-refractivity contribution in [1.29, 1.82) is 0 Å². The Balaban J connectivity index is 0.00000300. The number of anilines is 1. The van der Waals surface area contributed by atoms with Crippen molar-refractivity contribution in [2.75, 3.05) is 44.2 Å². The molecule has 156 valence electrons. The number of carbonyl (C=O) groups is 1. The van der Waals surface area contributed by atoms with Gasteiger partial charge in [0.2, 0.25) is 0 Å². The molecule has 0 atom stereocenters. The summed E-state index contributed by atoms with van der Waals surface area (Å²) in [5, 5.41) is 3.98. The van der Waals surface area contributed by atoms with E-state index in [1.54, 1.807) is 24.3 Å². The van der Waals surface area contributed by atoms with Crippen molar-refractivity contribution in [3.63, 3.8) is 0 Å². The van der Waals surface area contributed by atoms with Crippen LogP contribution in [0.5, 0.6) is 0 Å². The van der Waals surface area contributed by atoms with Gasteiger partial charge in [-0.15, -0.1) is 24.0 Å². The Morgan fingerprint density at radius 2 is 1.69 bits per heavy atom. The number of halogens is 3. The first-order valence-corrected chi connectivity index (χ1v) is 9.88. The summed E-state index contributed by atoms with van der Waals surface area (Å²) in [6.07, 6.45) is 0. The van der Waals surface area contributed by atoms with Crippen molar-refractivity contribution in [3.8, 4) is 0 Å². The maximum absolute atomic E-state index is 12.1. The minimum atomic E-state index is -0.212. The molecule has 1 aliphatic heterocycles. The number of amides is 1. The Labute approximate surface area is 198 Å². The summed E-state index contributed by atoms with van der Waals surface area (Å²) < 4.78 is 0. The first kappa shape index (κ1) is 23.6. The molecule has 1 fully saturated rings. The molecule has 0 bridgehead atoms. The van der Waals surface area contributed by atoms with Crippen molar-refractivity contribution in [1.82, 2.24) is 10.2 Å². The van der Waals surface area contributed by atoms with Gasteiger partial charge in [0, 0.05) is 43.4 Å². The third kappa shape index (κ3) is 6.65. The van der Waals surface area contributed by atoms with Crippen LogP contribution in [0.4, 0.5) is 5.69 Å². The van der Waals surface area contributed by atoms with E-state index < -0.39 is 0 Å². The van der Waals surface area contributed by atoms with E-state index in [9.17, 15) is 4.79 Å². The number of piperazine rings is 1. The van der Waals surface area contributed by atoms with Gasteiger partial charge in [-0.25, -0.2) is 0 Å². The van der Waals surface area contributed by atoms with Gasteiger partial charge >= 0.3 is 0 Å². The summed E-state index contributed by atoms with van der Waals surface area (Å²) in [4.78, 5) is 20.8. The maximum Gasteiger partial charge on any atom is 0.252 e. The van der Waals surface area contributed by atoms with E-state index in [2.05, 4.69) is 20.1 Å². The second-order valence-corrected chi connectivity index (χ2v) is 7.27. The van der Waals surface area contributed by atoms with Crippen molar-refractivity contribution < 1.29 is 4.79 Å². The van der Waals surface area contributed by atoms with Crippen LogP contribution in [0.15, 0.2) is 53.5 Å². The fourth-order valence-corrected chi connectivity index (χ4v) is 3.37. The minimum absolute atomic E-state index is 0. The van der Waals surface area contributed by atoms with Crippen LogP contribution in [0.25, 0.3) is 0 Å². The quantitative estimate of drug-likeness (QED) is 0.260. The molecule has 1 saturated heterocycles. The highest BCUT2D eigenvalue weighted by atomic mass is 127. The predicted octanol–water partition coefficient (Wildman–Crippen LogP) is 3.48. The van der Waals surface area contributed by atoms with Crippen LogP contribution in [0.1, 0.15) is 10.4 Å². The zero-order chi connectivity index (χ0) is 19.9. The number of carbonyl (C=O) groups excluding carboxylic acids is 1. The van der Waals surface area contributed by atoms with E-state index >= 15 is 0 Å². The zero-order valence-corrected chi connectivity index (χ0v) is 19.7. The van der Waals surface area contributed by atoms with Gasteiger partial charge in [0.15, 0.2) is 5.96 Å². The van der Waals surface area contributed by atoms with Crippen molar-refractivity contribution >= 4 is 64.7 Å². The zero-order valence-electron chi connectivity index (χ0n) is 15.9. The van der Waals surface area contributed by atoms with Gasteiger partial charge in [-0.3, -0.25) is 9.79 Å². The number of hydrogen-bond donors (Lipinski definition) is 2. The second kappa shape index (κ2) is 11.5. The van der Waals surface area contributed by atoms with E-state index in [4.69, 9.17) is 28.9 Å². The lowest BCUT2D eigenvalue weighted by molar-refractivity contribution is 0.0955. The van der Waals surface area contributed by atoms with Crippen LogP contribution < -0.4 is 16.0 Å². The number of nitrogens with one attached hydrogen (secondary N) is 1. The van der Waals surface area contributed by atoms with E-state index in [0.717, 1.165) is 36.9 Å². The molecule has 6 nitrogen and oxygen atoms in total. The fourth-order valence-electron chi connectivity index (χ4n) is 3.03. The summed E-state index contributed by atoms with van der Waals surface area (Å²) in [7, 11) is 0. The van der Waals surface area contributed by atoms with Crippen LogP contribution in [0, 0.1) is 0 Å². The standard InChI is InChI=1S/C20H23Cl2N5O.HI/c21-15-5-7-16(8-6-15)26-11-13-27(14-12-26)20(23)25-10-9-24-19(28)17-3-1-2-4-18(17)22;/h1-8H,9-14H2,(H2,23,25)(H,24,28);1H. The molecular weight excluding hydrogens is 524 g/mol. The van der Waals surface area contributed by atoms with Crippen LogP contribution in [0.3, 0.4) is 0 Å². The van der Waals surface area contributed by atoms with Crippen molar-refractivity contribution in [2.45, 2.75) is 0 Å². The molecule has 2 aromatic rings. The van der Waals surface area contributed by atoms with Gasteiger partial charge in [-0.1, -0.05) is 35.3 Å². The SMILES string of the molecule is I.NC(=NCCNC(=O)c1ccccc1Cl)N1CCN(c2ccc(Cl)cc2)CC1. The van der Waals surface area contributed by atoms with E-state index in [1.807, 2.05) is 24.3 Å². The van der Waals surface area contributed by atoms with Crippen LogP contribution >= 0.6 is 47.2 Å². The fraction of sp³-hybridized carbons (Fsp3) is 0.300. The second-order valence-electron chi connectivity index (χ2n) is 6.43. The molecule has 1 amide bonds. The molecule has 9 heteroatoms. The summed E-state index contributed by atoms with van der Waals surface area (Å²) in [6.45, 7) is 4.13. The smallest absolute Gasteiger partial charge is 0.252 e. The molecule has 1 heterocycles. The number of aliphatic imine (C=N–C) groups is 1. The average molecular weight is 548 g/mol. The number of rotatable bonds is 5. The highest BCUT2D eigenvalue weighted by Crippen LogP contribution is 2.19. The molecule has 0 unspecified atom stereocenters. The van der Waals surface area contributed by atoms with E-state index in [0.29, 0.717) is 29.6 Å². The topological polar surface area (TPSA) is 74.0 Å². The van der Waals surface area contributed by atoms with Crippen LogP contribution in [-0.2, 0) is 0 Å². The molecular formula is C20H24Cl2IN5O. The molecule has 0 aromatic heterocycles. The number of nitrogens with zero attached hydrogens (tertiary/aromatic N) is 3. The number of benzene rings is 2. The van der Waals surface area contributed by atoms with Crippen molar-refractivity contribution in [3.05, 3.63) is 64.1 Å². The molecule has 0 spiro atoms. The molecule has 29 heavy (non-hydrogen) atoms. The molecule has 3 N–H and O–H groups in total. The average Bonchev–Trinajstić information content (AvgIpc) is 2.72. The summed E-state index contributed by atoms with van der Waals surface area (Å²) in [5.41, 5.74) is 7.72. The summed E-state index contributed by atoms with van der Waals surface area (Å²) >= 11 is 12.0. The number of nitrogens with two attached hydrogens (primary N) is 1. The van der Waals surface area contributed by atoms with Gasteiger partial charge in [0.25, 0.3) is 5.91 Å². The molecule has 1 aliphatic rings. The van der Waals surface area contributed by atoms with Crippen LogP contribution in [-0.4, -0.2) is 56.0 Å². The van der Waals surface area contributed by atoms with Crippen LogP contribution in [0.2, 0.25) is 10.0 Å². The Morgan fingerprint density at radius 3 is 2.34 bits per heavy atom. The Morgan fingerprint density at radius 1 is 1.03 bits per heavy atom. The monoisotopic (exact) mass is 547 g/mol. The molecule has 2 aromatic carbocycles. The molecule has 0 radical (unpaired) electrons. The Bertz CT molecular complexity index is 839. The lowest BCUT2D eigenvalue weighted by Crippen LogP contribution is -2.51. The van der Waals surface area contributed by atoms with Gasteiger partial charge in [-0.2, -0.15) is 0 Å². The normalized spacial score (nSPS) is 14.3. The predicted molar refractivity (Wildman–Crippen MR) is 131 cm³/mol. The maximum atomic E-state index is 12.1. The molecule has 3 rings (SSSR count). The summed E-state index contributed by atoms with van der Waals surface area (Å²) in [5.74, 6) is 0.290. The van der Waals surface area contributed by atoms with Gasteiger partial charge in [-0.05, 0) is 36.4 Å². The first-order valence-electron chi connectivity index (χ1n) is 9.12. The van der Waals surface area contributed by atoms with Gasteiger partial charge < -0.3 is 20.9 Å². The third-order valence-electron chi connectivity index (χ3n) is 4.59. The highest BCUT2D eigenvalue weighted by molar-refractivity contribution is 14.0. The lowest BCUT2D eigenvalue weighted by atomic mass is 10.2. The minimum Gasteiger partial charge on any atom is -0.370 e. The van der Waals surface area contributed by atoms with E-state index in [1.165, 1.54) is 0 Å². The number of guanidine groups is 1. The Kier molecular flexibility index (Phi) is 9.32. The first-order chi connectivity index (χ1) is 13.5. The Hall–Kier alpha value is -1.71. The van der Waals surface area contributed by atoms with Crippen molar-refractivity contribution in [2.24, 2.45) is 10.7 Å². The van der Waals surface area contributed by atoms with Gasteiger partial charge in [0.1, 0.15) is 0 Å². The largest absolute Gasteiger partial charge is 0.370 e. The van der Waals surface area contributed by atoms with E-state index in [-0.39, 0.29) is 29.9 Å². The third-order valence-corrected chi connectivity index (χ3v) is 5.17. The highest BCUT2D eigenvalue weighted by Gasteiger charge is 2.18. The number of hydrogen-bond acceptors (Lipinski definition) is 3. The molecule has 0 aliphatic carbocycles. The lowest BCUT2D eigenvalue weighted by Gasteiger charge is -2.36. The molecule has 0 saturated carbocycles. The summed E-state index contributed by atoms with van der Waals surface area (Å²) in [6, 6.07) is 14.8.